The van der Waals surface area contributed by atoms with Gasteiger partial charge in [0, 0.05) is 6.54 Å². The second-order valence-electron chi connectivity index (χ2n) is 5.45. The van der Waals surface area contributed by atoms with Crippen LogP contribution in [0.2, 0.25) is 0 Å². The summed E-state index contributed by atoms with van der Waals surface area (Å²) in [4.78, 5) is 11.8. The first kappa shape index (κ1) is 19.2. The minimum Gasteiger partial charge on any atom is -0.493 e. The molecule has 0 spiro atoms. The van der Waals surface area contributed by atoms with E-state index in [1.165, 1.54) is 20.3 Å². The number of esters is 1. The Kier molecular flexibility index (Phi) is 7.74. The molecular formula is C16H23F2NO4. The van der Waals surface area contributed by atoms with Gasteiger partial charge >= 0.3 is 12.6 Å². The summed E-state index contributed by atoms with van der Waals surface area (Å²) in [6, 6.07) is 4.27. The van der Waals surface area contributed by atoms with Crippen molar-refractivity contribution in [2.24, 2.45) is 5.92 Å². The second-order valence-corrected chi connectivity index (χ2v) is 5.45. The average Bonchev–Trinajstić information content (AvgIpc) is 2.49. The van der Waals surface area contributed by atoms with E-state index in [1.807, 2.05) is 13.8 Å². The predicted molar refractivity (Wildman–Crippen MR) is 81.7 cm³/mol. The van der Waals surface area contributed by atoms with E-state index < -0.39 is 12.7 Å². The molecule has 1 N–H and O–H groups in total. The summed E-state index contributed by atoms with van der Waals surface area (Å²) in [7, 11) is 2.71. The molecule has 0 heterocycles. The number of ether oxygens (including phenoxy) is 3. The second kappa shape index (κ2) is 9.29. The Morgan fingerprint density at radius 2 is 1.91 bits per heavy atom. The lowest BCUT2D eigenvalue weighted by Crippen LogP contribution is -2.38. The van der Waals surface area contributed by atoms with Crippen molar-refractivity contribution in [3.05, 3.63) is 23.8 Å². The van der Waals surface area contributed by atoms with Crippen molar-refractivity contribution < 1.29 is 27.8 Å². The van der Waals surface area contributed by atoms with Gasteiger partial charge in [-0.1, -0.05) is 19.9 Å². The molecule has 1 unspecified atom stereocenters. The number of rotatable bonds is 9. The molecular weight excluding hydrogens is 308 g/mol. The zero-order chi connectivity index (χ0) is 17.4. The first-order valence-corrected chi connectivity index (χ1v) is 7.30. The van der Waals surface area contributed by atoms with Crippen molar-refractivity contribution >= 4 is 5.97 Å². The summed E-state index contributed by atoms with van der Waals surface area (Å²) in [5.41, 5.74) is 0.694. The number of hydrogen-bond donors (Lipinski definition) is 1. The Labute approximate surface area is 134 Å². The zero-order valence-corrected chi connectivity index (χ0v) is 13.8. The lowest BCUT2D eigenvalue weighted by Gasteiger charge is -2.19. The van der Waals surface area contributed by atoms with E-state index in [2.05, 4.69) is 10.1 Å². The third kappa shape index (κ3) is 6.40. The quantitative estimate of drug-likeness (QED) is 0.705. The van der Waals surface area contributed by atoms with Gasteiger partial charge in [-0.05, 0) is 30.0 Å². The maximum atomic E-state index is 12.4. The lowest BCUT2D eigenvalue weighted by atomic mass is 10.0. The Morgan fingerprint density at radius 3 is 2.43 bits per heavy atom. The molecule has 130 valence electrons. The summed E-state index contributed by atoms with van der Waals surface area (Å²) >= 11 is 0. The fraction of sp³-hybridized carbons (Fsp3) is 0.562. The molecule has 0 aliphatic rings. The van der Waals surface area contributed by atoms with Crippen LogP contribution in [0.25, 0.3) is 0 Å². The van der Waals surface area contributed by atoms with Crippen LogP contribution < -0.4 is 14.8 Å². The highest BCUT2D eigenvalue weighted by Gasteiger charge is 2.20. The third-order valence-corrected chi connectivity index (χ3v) is 3.19. The molecule has 5 nitrogen and oxygen atoms in total. The number of halogens is 2. The first-order chi connectivity index (χ1) is 10.9. The maximum absolute atomic E-state index is 12.4. The van der Waals surface area contributed by atoms with Crippen LogP contribution in [0.1, 0.15) is 25.8 Å². The van der Waals surface area contributed by atoms with Crippen LogP contribution in [0.15, 0.2) is 18.2 Å². The Balaban J connectivity index is 2.80. The van der Waals surface area contributed by atoms with Gasteiger partial charge in [0.1, 0.15) is 6.04 Å². The van der Waals surface area contributed by atoms with Crippen molar-refractivity contribution in [3.8, 4) is 11.5 Å². The molecule has 1 rings (SSSR count). The SMILES string of the molecule is COC(=O)C(CC(C)C)NCc1ccc(OC)c(OC(F)F)c1. The van der Waals surface area contributed by atoms with Crippen molar-refractivity contribution in [1.82, 2.24) is 5.32 Å². The topological polar surface area (TPSA) is 56.8 Å². The molecule has 0 aromatic heterocycles. The van der Waals surface area contributed by atoms with Crippen molar-refractivity contribution in [2.45, 2.75) is 39.5 Å². The van der Waals surface area contributed by atoms with Crippen molar-refractivity contribution in [1.29, 1.82) is 0 Å². The number of carbonyl (C=O) groups is 1. The standard InChI is InChI=1S/C16H23F2NO4/c1-10(2)7-12(15(20)22-4)19-9-11-5-6-13(21-3)14(8-11)23-16(17)18/h5-6,8,10,12,16,19H,7,9H2,1-4H3. The first-order valence-electron chi connectivity index (χ1n) is 7.30. The Hall–Kier alpha value is -1.89. The average molecular weight is 331 g/mol. The molecule has 0 aliphatic heterocycles. The minimum atomic E-state index is -2.93. The third-order valence-electron chi connectivity index (χ3n) is 3.19. The fourth-order valence-electron chi connectivity index (χ4n) is 2.14. The number of benzene rings is 1. The monoisotopic (exact) mass is 331 g/mol. The highest BCUT2D eigenvalue weighted by molar-refractivity contribution is 5.75. The molecule has 1 aromatic rings. The van der Waals surface area contributed by atoms with E-state index in [0.717, 1.165) is 0 Å². The van der Waals surface area contributed by atoms with Gasteiger partial charge in [0.25, 0.3) is 0 Å². The van der Waals surface area contributed by atoms with Gasteiger partial charge in [0.05, 0.1) is 14.2 Å². The van der Waals surface area contributed by atoms with Crippen LogP contribution in [0.5, 0.6) is 11.5 Å². The summed E-state index contributed by atoms with van der Waals surface area (Å²) in [5, 5.41) is 3.08. The molecule has 0 saturated carbocycles. The summed E-state index contributed by atoms with van der Waals surface area (Å²) in [6.45, 7) is 1.38. The molecule has 0 fully saturated rings. The van der Waals surface area contributed by atoms with Crippen LogP contribution in [-0.4, -0.2) is 32.8 Å². The smallest absolute Gasteiger partial charge is 0.387 e. The summed E-state index contributed by atoms with van der Waals surface area (Å²) in [6.07, 6.45) is 0.614. The minimum absolute atomic E-state index is 0.0414. The van der Waals surface area contributed by atoms with Gasteiger partial charge in [0.2, 0.25) is 0 Å². The molecule has 1 aromatic carbocycles. The lowest BCUT2D eigenvalue weighted by molar-refractivity contribution is -0.143. The fourth-order valence-corrected chi connectivity index (χ4v) is 2.14. The number of hydrogen-bond acceptors (Lipinski definition) is 5. The number of alkyl halides is 2. The van der Waals surface area contributed by atoms with Crippen LogP contribution in [0.4, 0.5) is 8.78 Å². The van der Waals surface area contributed by atoms with E-state index in [4.69, 9.17) is 9.47 Å². The van der Waals surface area contributed by atoms with Crippen LogP contribution >= 0.6 is 0 Å². The number of methoxy groups -OCH3 is 2. The molecule has 1 atom stereocenters. The Bertz CT molecular complexity index is 509. The number of carbonyl (C=O) groups excluding carboxylic acids is 1. The highest BCUT2D eigenvalue weighted by atomic mass is 19.3. The van der Waals surface area contributed by atoms with Gasteiger partial charge in [-0.25, -0.2) is 0 Å². The molecule has 23 heavy (non-hydrogen) atoms. The summed E-state index contributed by atoms with van der Waals surface area (Å²) < 4.78 is 39.0. The van der Waals surface area contributed by atoms with Crippen LogP contribution in [0.3, 0.4) is 0 Å². The largest absolute Gasteiger partial charge is 0.493 e. The van der Waals surface area contributed by atoms with E-state index >= 15 is 0 Å². The molecule has 0 amide bonds. The van der Waals surface area contributed by atoms with Crippen molar-refractivity contribution in [2.75, 3.05) is 14.2 Å². The molecule has 0 saturated heterocycles. The summed E-state index contributed by atoms with van der Waals surface area (Å²) in [5.74, 6) is 0.137. The van der Waals surface area contributed by atoms with E-state index in [1.54, 1.807) is 12.1 Å². The normalized spacial score (nSPS) is 12.3. The molecule has 0 bridgehead atoms. The van der Waals surface area contributed by atoms with Gasteiger partial charge in [-0.3, -0.25) is 4.79 Å². The predicted octanol–water partition coefficient (Wildman–Crippen LogP) is 2.97. The molecule has 0 radical (unpaired) electrons. The van der Waals surface area contributed by atoms with E-state index in [9.17, 15) is 13.6 Å². The molecule has 7 heteroatoms. The zero-order valence-electron chi connectivity index (χ0n) is 13.8. The molecule has 0 aliphatic carbocycles. The van der Waals surface area contributed by atoms with Gasteiger partial charge in [-0.15, -0.1) is 0 Å². The van der Waals surface area contributed by atoms with E-state index in [0.29, 0.717) is 24.4 Å². The van der Waals surface area contributed by atoms with Crippen LogP contribution in [0, 0.1) is 5.92 Å². The van der Waals surface area contributed by atoms with Gasteiger partial charge in [0.15, 0.2) is 11.5 Å². The van der Waals surface area contributed by atoms with Crippen molar-refractivity contribution in [3.63, 3.8) is 0 Å². The van der Waals surface area contributed by atoms with Gasteiger partial charge < -0.3 is 19.5 Å². The van der Waals surface area contributed by atoms with Gasteiger partial charge in [-0.2, -0.15) is 8.78 Å². The maximum Gasteiger partial charge on any atom is 0.387 e. The van der Waals surface area contributed by atoms with Crippen LogP contribution in [-0.2, 0) is 16.1 Å². The van der Waals surface area contributed by atoms with E-state index in [-0.39, 0.29) is 17.5 Å². The highest BCUT2D eigenvalue weighted by Crippen LogP contribution is 2.29. The Morgan fingerprint density at radius 1 is 1.22 bits per heavy atom. The number of nitrogens with one attached hydrogen (secondary N) is 1.